The summed E-state index contributed by atoms with van der Waals surface area (Å²) >= 11 is 0. The van der Waals surface area contributed by atoms with Crippen molar-refractivity contribution in [3.8, 4) is 28.3 Å². The van der Waals surface area contributed by atoms with Gasteiger partial charge in [0.15, 0.2) is 0 Å². The van der Waals surface area contributed by atoms with Crippen LogP contribution in [0.1, 0.15) is 33.3 Å². The summed E-state index contributed by atoms with van der Waals surface area (Å²) < 4.78 is 13.3. The van der Waals surface area contributed by atoms with Gasteiger partial charge in [-0.15, -0.1) is 5.10 Å². The van der Waals surface area contributed by atoms with Crippen LogP contribution in [0.2, 0.25) is 0 Å². The van der Waals surface area contributed by atoms with Crippen molar-refractivity contribution in [3.63, 3.8) is 0 Å². The summed E-state index contributed by atoms with van der Waals surface area (Å²) in [6, 6.07) is 19.6. The molecule has 0 radical (unpaired) electrons. The van der Waals surface area contributed by atoms with E-state index in [0.717, 1.165) is 44.9 Å². The molecule has 1 heterocycles. The number of aromatic nitrogens is 3. The molecule has 1 aromatic heterocycles. The first-order valence-electron chi connectivity index (χ1n) is 10.5. The maximum absolute atomic E-state index is 9.95. The Morgan fingerprint density at radius 1 is 0.839 bits per heavy atom. The second-order valence-electron chi connectivity index (χ2n) is 8.01. The lowest BCUT2D eigenvalue weighted by Crippen LogP contribution is -2.05. The van der Waals surface area contributed by atoms with Gasteiger partial charge >= 0.3 is 0 Å². The van der Waals surface area contributed by atoms with Crippen LogP contribution in [0, 0.1) is 0 Å². The number of aliphatic hydroxyl groups is 1. The molecule has 0 aliphatic rings. The Hall–Kier alpha value is -3.38. The molecule has 0 spiro atoms. The van der Waals surface area contributed by atoms with Crippen LogP contribution in [-0.4, -0.2) is 32.3 Å². The smallest absolute Gasteiger partial charge is 0.119 e. The van der Waals surface area contributed by atoms with E-state index >= 15 is 0 Å². The Bertz CT molecular complexity index is 1160. The van der Waals surface area contributed by atoms with Gasteiger partial charge in [-0.1, -0.05) is 17.3 Å². The van der Waals surface area contributed by atoms with E-state index in [1.807, 2.05) is 88.4 Å². The van der Waals surface area contributed by atoms with E-state index < -0.39 is 0 Å². The Morgan fingerprint density at radius 2 is 1.42 bits per heavy atom. The summed E-state index contributed by atoms with van der Waals surface area (Å²) in [4.78, 5) is 0. The molecule has 0 fully saturated rings. The second kappa shape index (κ2) is 8.78. The van der Waals surface area contributed by atoms with Crippen LogP contribution in [0.25, 0.3) is 27.8 Å². The lowest BCUT2D eigenvalue weighted by atomic mass is 9.99. The maximum atomic E-state index is 9.95. The van der Waals surface area contributed by atoms with Crippen molar-refractivity contribution in [2.45, 2.75) is 46.5 Å². The third-order valence-corrected chi connectivity index (χ3v) is 4.83. The molecule has 0 saturated heterocycles. The second-order valence-corrected chi connectivity index (χ2v) is 8.01. The molecular formula is C25H27N3O3. The number of ether oxygens (including phenoxy) is 2. The zero-order valence-corrected chi connectivity index (χ0v) is 18.2. The molecule has 4 aromatic rings. The molecule has 1 N–H and O–H groups in total. The van der Waals surface area contributed by atoms with Gasteiger partial charge in [-0.25, -0.2) is 4.68 Å². The van der Waals surface area contributed by atoms with Gasteiger partial charge in [-0.3, -0.25) is 0 Å². The van der Waals surface area contributed by atoms with Crippen molar-refractivity contribution in [2.75, 3.05) is 0 Å². The third kappa shape index (κ3) is 4.54. The number of fused-ring (bicyclic) bond motifs is 1. The van der Waals surface area contributed by atoms with Crippen molar-refractivity contribution in [2.24, 2.45) is 0 Å². The highest BCUT2D eigenvalue weighted by Gasteiger charge is 2.13. The van der Waals surface area contributed by atoms with Gasteiger partial charge in [0, 0.05) is 0 Å². The summed E-state index contributed by atoms with van der Waals surface area (Å²) in [6.45, 7) is 7.92. The quantitative estimate of drug-likeness (QED) is 0.450. The van der Waals surface area contributed by atoms with Gasteiger partial charge in [0.2, 0.25) is 0 Å². The molecule has 0 aliphatic carbocycles. The molecule has 0 amide bonds. The molecule has 0 bridgehead atoms. The van der Waals surface area contributed by atoms with Crippen molar-refractivity contribution in [1.82, 2.24) is 15.0 Å². The van der Waals surface area contributed by atoms with Crippen LogP contribution in [0.3, 0.4) is 0 Å². The van der Waals surface area contributed by atoms with Crippen LogP contribution in [0.5, 0.6) is 11.5 Å². The van der Waals surface area contributed by atoms with E-state index in [9.17, 15) is 5.11 Å². The SMILES string of the molecule is CC(C)Oc1ccc(-c2cc3c(cc2CO)nnn3-c2ccc(OC(C)C)cc2)cc1. The molecule has 3 aromatic carbocycles. The molecule has 160 valence electrons. The fourth-order valence-corrected chi connectivity index (χ4v) is 3.52. The van der Waals surface area contributed by atoms with E-state index in [2.05, 4.69) is 10.3 Å². The average Bonchev–Trinajstić information content (AvgIpc) is 3.16. The van der Waals surface area contributed by atoms with Crippen LogP contribution in [-0.2, 0) is 6.61 Å². The van der Waals surface area contributed by atoms with Gasteiger partial charge in [-0.05, 0) is 92.9 Å². The van der Waals surface area contributed by atoms with E-state index in [-0.39, 0.29) is 18.8 Å². The molecule has 0 aliphatic heterocycles. The van der Waals surface area contributed by atoms with Crippen molar-refractivity contribution >= 4 is 11.0 Å². The van der Waals surface area contributed by atoms with Gasteiger partial charge in [0.1, 0.15) is 17.0 Å². The summed E-state index contributed by atoms with van der Waals surface area (Å²) in [5, 5.41) is 18.6. The normalized spacial score (nSPS) is 11.5. The zero-order chi connectivity index (χ0) is 22.0. The molecule has 6 nitrogen and oxygen atoms in total. The minimum atomic E-state index is -0.0797. The fourth-order valence-electron chi connectivity index (χ4n) is 3.52. The highest BCUT2D eigenvalue weighted by Crippen LogP contribution is 2.31. The Labute approximate surface area is 182 Å². The molecule has 0 saturated carbocycles. The summed E-state index contributed by atoms with van der Waals surface area (Å²) in [5.41, 5.74) is 5.23. The first-order chi connectivity index (χ1) is 14.9. The molecule has 31 heavy (non-hydrogen) atoms. The number of hydrogen-bond donors (Lipinski definition) is 1. The largest absolute Gasteiger partial charge is 0.491 e. The Balaban J connectivity index is 1.74. The Morgan fingerprint density at radius 3 is 1.97 bits per heavy atom. The van der Waals surface area contributed by atoms with Gasteiger partial charge in [-0.2, -0.15) is 0 Å². The van der Waals surface area contributed by atoms with Crippen LogP contribution in [0.15, 0.2) is 60.7 Å². The highest BCUT2D eigenvalue weighted by atomic mass is 16.5. The molecular weight excluding hydrogens is 390 g/mol. The fraction of sp³-hybridized carbons (Fsp3) is 0.280. The zero-order valence-electron chi connectivity index (χ0n) is 18.2. The molecule has 6 heteroatoms. The van der Waals surface area contributed by atoms with Gasteiger partial charge < -0.3 is 14.6 Å². The van der Waals surface area contributed by atoms with E-state index in [1.165, 1.54) is 0 Å². The summed E-state index contributed by atoms with van der Waals surface area (Å²) in [7, 11) is 0. The van der Waals surface area contributed by atoms with E-state index in [0.29, 0.717) is 0 Å². The summed E-state index contributed by atoms with van der Waals surface area (Å²) in [6.07, 6.45) is 0.239. The number of rotatable bonds is 7. The lowest BCUT2D eigenvalue weighted by molar-refractivity contribution is 0.242. The van der Waals surface area contributed by atoms with E-state index in [1.54, 1.807) is 4.68 Å². The van der Waals surface area contributed by atoms with Gasteiger partial charge in [0.05, 0.1) is 30.0 Å². The van der Waals surface area contributed by atoms with Crippen molar-refractivity contribution in [3.05, 3.63) is 66.2 Å². The van der Waals surface area contributed by atoms with Crippen molar-refractivity contribution < 1.29 is 14.6 Å². The highest BCUT2D eigenvalue weighted by molar-refractivity contribution is 5.85. The van der Waals surface area contributed by atoms with Crippen LogP contribution >= 0.6 is 0 Å². The monoisotopic (exact) mass is 417 g/mol. The minimum Gasteiger partial charge on any atom is -0.491 e. The van der Waals surface area contributed by atoms with Gasteiger partial charge in [0.25, 0.3) is 0 Å². The number of nitrogens with zero attached hydrogens (tertiary/aromatic N) is 3. The number of aliphatic hydroxyl groups excluding tert-OH is 1. The standard InChI is InChI=1S/C25H27N3O3/c1-16(2)30-21-9-5-18(6-10-21)23-14-25-24(13-19(23)15-29)26-27-28(25)20-7-11-22(12-8-20)31-17(3)4/h5-14,16-17,29H,15H2,1-4H3. The molecule has 0 atom stereocenters. The Kier molecular flexibility index (Phi) is 5.91. The topological polar surface area (TPSA) is 69.4 Å². The third-order valence-electron chi connectivity index (χ3n) is 4.83. The summed E-state index contributed by atoms with van der Waals surface area (Å²) in [5.74, 6) is 1.64. The number of benzene rings is 3. The lowest BCUT2D eigenvalue weighted by Gasteiger charge is -2.12. The average molecular weight is 418 g/mol. The van der Waals surface area contributed by atoms with Crippen LogP contribution < -0.4 is 9.47 Å². The van der Waals surface area contributed by atoms with E-state index in [4.69, 9.17) is 9.47 Å². The van der Waals surface area contributed by atoms with Crippen LogP contribution in [0.4, 0.5) is 0 Å². The predicted octanol–water partition coefficient (Wildman–Crippen LogP) is 5.15. The predicted molar refractivity (Wildman–Crippen MR) is 122 cm³/mol. The number of hydrogen-bond acceptors (Lipinski definition) is 5. The minimum absolute atomic E-state index is 0.0797. The van der Waals surface area contributed by atoms with Crippen molar-refractivity contribution in [1.29, 1.82) is 0 Å². The first-order valence-corrected chi connectivity index (χ1v) is 10.5. The molecule has 4 rings (SSSR count). The molecule has 0 unspecified atom stereocenters. The first kappa shape index (κ1) is 20.9. The maximum Gasteiger partial charge on any atom is 0.119 e.